The Morgan fingerprint density at radius 2 is 2.13 bits per heavy atom. The van der Waals surface area contributed by atoms with Crippen LogP contribution in [0.3, 0.4) is 0 Å². The lowest BCUT2D eigenvalue weighted by Gasteiger charge is -2.30. The van der Waals surface area contributed by atoms with Crippen molar-refractivity contribution in [1.29, 1.82) is 0 Å². The van der Waals surface area contributed by atoms with Crippen LogP contribution in [0.15, 0.2) is 24.3 Å². The van der Waals surface area contributed by atoms with Gasteiger partial charge in [-0.15, -0.1) is 0 Å². The normalized spacial score (nSPS) is 22.9. The van der Waals surface area contributed by atoms with Gasteiger partial charge in [0.15, 0.2) is 0 Å². The van der Waals surface area contributed by atoms with Crippen LogP contribution in [0, 0.1) is 3.57 Å². The average molecular weight is 333 g/mol. The molecule has 2 rings (SSSR count). The zero-order chi connectivity index (χ0) is 10.7. The van der Waals surface area contributed by atoms with Crippen molar-refractivity contribution in [3.05, 3.63) is 33.4 Å². The Labute approximate surface area is 110 Å². The Morgan fingerprint density at radius 3 is 2.80 bits per heavy atom. The van der Waals surface area contributed by atoms with Crippen molar-refractivity contribution in [3.63, 3.8) is 0 Å². The van der Waals surface area contributed by atoms with E-state index in [1.165, 1.54) is 28.0 Å². The second kappa shape index (κ2) is 5.55. The van der Waals surface area contributed by atoms with Gasteiger partial charge in [0.25, 0.3) is 0 Å². The lowest BCUT2D eigenvalue weighted by Crippen LogP contribution is -2.35. The van der Waals surface area contributed by atoms with Crippen molar-refractivity contribution in [1.82, 2.24) is 4.90 Å². The minimum absolute atomic E-state index is 0.794. The molecule has 82 valence electrons. The van der Waals surface area contributed by atoms with Crippen molar-refractivity contribution < 1.29 is 0 Å². The Kier molecular flexibility index (Phi) is 4.34. The summed E-state index contributed by atoms with van der Waals surface area (Å²) in [4.78, 5) is 2.56. The van der Waals surface area contributed by atoms with E-state index in [1.807, 2.05) is 0 Å². The molecular weight excluding hydrogens is 317 g/mol. The van der Waals surface area contributed by atoms with Gasteiger partial charge in [-0.05, 0) is 40.3 Å². The number of nitrogens with zero attached hydrogens (tertiary/aromatic N) is 1. The van der Waals surface area contributed by atoms with E-state index in [0.29, 0.717) is 0 Å². The fourth-order valence-electron chi connectivity index (χ4n) is 1.88. The van der Waals surface area contributed by atoms with E-state index in [-0.39, 0.29) is 0 Å². The molecule has 3 heteroatoms. The van der Waals surface area contributed by atoms with Gasteiger partial charge in [-0.25, -0.2) is 0 Å². The summed E-state index contributed by atoms with van der Waals surface area (Å²) < 4.78 is 1.32. The van der Waals surface area contributed by atoms with Gasteiger partial charge in [0.1, 0.15) is 0 Å². The first-order valence-corrected chi connectivity index (χ1v) is 7.45. The summed E-state index contributed by atoms with van der Waals surface area (Å²) in [6.45, 7) is 5.91. The van der Waals surface area contributed by atoms with Gasteiger partial charge in [-0.2, -0.15) is 11.8 Å². The maximum Gasteiger partial charge on any atom is 0.0234 e. The summed E-state index contributed by atoms with van der Waals surface area (Å²) in [7, 11) is 0. The maximum atomic E-state index is 2.56. The average Bonchev–Trinajstić information content (AvgIpc) is 2.22. The maximum absolute atomic E-state index is 2.56. The molecule has 0 bridgehead atoms. The molecule has 0 N–H and O–H groups in total. The van der Waals surface area contributed by atoms with Crippen LogP contribution >= 0.6 is 34.4 Å². The molecule has 1 heterocycles. The quantitative estimate of drug-likeness (QED) is 0.765. The lowest BCUT2D eigenvalue weighted by molar-refractivity contribution is 0.278. The van der Waals surface area contributed by atoms with Crippen molar-refractivity contribution in [2.45, 2.75) is 18.7 Å². The van der Waals surface area contributed by atoms with Gasteiger partial charge >= 0.3 is 0 Å². The Balaban J connectivity index is 1.93. The van der Waals surface area contributed by atoms with E-state index in [2.05, 4.69) is 70.4 Å². The largest absolute Gasteiger partial charge is 0.297 e. The second-order valence-corrected chi connectivity index (χ2v) is 6.83. The van der Waals surface area contributed by atoms with Gasteiger partial charge in [0.05, 0.1) is 0 Å². The van der Waals surface area contributed by atoms with E-state index >= 15 is 0 Å². The molecule has 0 spiro atoms. The monoisotopic (exact) mass is 333 g/mol. The molecule has 1 fully saturated rings. The third kappa shape index (κ3) is 3.64. The lowest BCUT2D eigenvalue weighted by atomic mass is 10.2. The number of halogens is 1. The van der Waals surface area contributed by atoms with E-state index in [0.717, 1.165) is 11.8 Å². The molecule has 1 nitrogen and oxygen atoms in total. The number of benzene rings is 1. The molecule has 1 aliphatic heterocycles. The van der Waals surface area contributed by atoms with Gasteiger partial charge in [0, 0.05) is 34.2 Å². The molecule has 1 aromatic rings. The summed E-state index contributed by atoms with van der Waals surface area (Å²) in [5, 5.41) is 0.794. The third-order valence-electron chi connectivity index (χ3n) is 2.64. The molecule has 1 aliphatic rings. The first kappa shape index (κ1) is 11.7. The predicted molar refractivity (Wildman–Crippen MR) is 76.4 cm³/mol. The number of hydrogen-bond acceptors (Lipinski definition) is 2. The highest BCUT2D eigenvalue weighted by Gasteiger charge is 2.16. The third-order valence-corrected chi connectivity index (χ3v) is 4.50. The Bertz CT molecular complexity index is 312. The highest BCUT2D eigenvalue weighted by atomic mass is 127. The van der Waals surface area contributed by atoms with Crippen molar-refractivity contribution >= 4 is 34.4 Å². The summed E-state index contributed by atoms with van der Waals surface area (Å²) in [6, 6.07) is 8.87. The second-order valence-electron chi connectivity index (χ2n) is 4.04. The van der Waals surface area contributed by atoms with Gasteiger partial charge in [-0.3, -0.25) is 4.90 Å². The molecule has 15 heavy (non-hydrogen) atoms. The van der Waals surface area contributed by atoms with Crippen LogP contribution in [-0.2, 0) is 6.54 Å². The van der Waals surface area contributed by atoms with Crippen molar-refractivity contribution in [3.8, 4) is 0 Å². The highest BCUT2D eigenvalue weighted by Crippen LogP contribution is 2.19. The molecular formula is C12H16INS. The van der Waals surface area contributed by atoms with Crippen molar-refractivity contribution in [2.24, 2.45) is 0 Å². The fourth-order valence-corrected chi connectivity index (χ4v) is 3.32. The molecule has 0 amide bonds. The molecule has 0 radical (unpaired) electrons. The molecule has 1 unspecified atom stereocenters. The van der Waals surface area contributed by atoms with Crippen LogP contribution in [-0.4, -0.2) is 29.0 Å². The highest BCUT2D eigenvalue weighted by molar-refractivity contribution is 14.1. The standard InChI is InChI=1S/C12H16INS/c1-10-8-14(6-7-15-10)9-11-2-4-12(13)5-3-11/h2-5,10H,6-9H2,1H3. The smallest absolute Gasteiger partial charge is 0.0234 e. The molecule has 0 aromatic heterocycles. The van der Waals surface area contributed by atoms with Crippen LogP contribution in [0.25, 0.3) is 0 Å². The van der Waals surface area contributed by atoms with Crippen LogP contribution < -0.4 is 0 Å². The first-order chi connectivity index (χ1) is 7.24. The zero-order valence-corrected chi connectivity index (χ0v) is 11.9. The summed E-state index contributed by atoms with van der Waals surface area (Å²) in [5.74, 6) is 1.28. The molecule has 1 atom stereocenters. The number of rotatable bonds is 2. The Hall–Kier alpha value is 0.260. The summed E-state index contributed by atoms with van der Waals surface area (Å²) in [6.07, 6.45) is 0. The molecule has 1 aromatic carbocycles. The topological polar surface area (TPSA) is 3.24 Å². The van der Waals surface area contributed by atoms with Crippen LogP contribution in [0.5, 0.6) is 0 Å². The van der Waals surface area contributed by atoms with E-state index < -0.39 is 0 Å². The van der Waals surface area contributed by atoms with Gasteiger partial charge in [-0.1, -0.05) is 19.1 Å². The van der Waals surface area contributed by atoms with E-state index in [9.17, 15) is 0 Å². The SMILES string of the molecule is CC1CN(Cc2ccc(I)cc2)CCS1. The van der Waals surface area contributed by atoms with Gasteiger partial charge in [0.2, 0.25) is 0 Å². The predicted octanol–water partition coefficient (Wildman–Crippen LogP) is 3.23. The van der Waals surface area contributed by atoms with Crippen LogP contribution in [0.4, 0.5) is 0 Å². The first-order valence-electron chi connectivity index (χ1n) is 5.32. The van der Waals surface area contributed by atoms with Crippen LogP contribution in [0.2, 0.25) is 0 Å². The summed E-state index contributed by atoms with van der Waals surface area (Å²) in [5.41, 5.74) is 1.44. The minimum Gasteiger partial charge on any atom is -0.297 e. The van der Waals surface area contributed by atoms with E-state index in [1.54, 1.807) is 0 Å². The van der Waals surface area contributed by atoms with Crippen molar-refractivity contribution in [2.75, 3.05) is 18.8 Å². The van der Waals surface area contributed by atoms with Gasteiger partial charge < -0.3 is 0 Å². The van der Waals surface area contributed by atoms with Crippen LogP contribution in [0.1, 0.15) is 12.5 Å². The molecule has 1 saturated heterocycles. The molecule has 0 aliphatic carbocycles. The Morgan fingerprint density at radius 1 is 1.40 bits per heavy atom. The number of thioether (sulfide) groups is 1. The minimum atomic E-state index is 0.794. The number of hydrogen-bond donors (Lipinski definition) is 0. The van der Waals surface area contributed by atoms with E-state index in [4.69, 9.17) is 0 Å². The molecule has 0 saturated carbocycles. The summed E-state index contributed by atoms with van der Waals surface area (Å²) >= 11 is 4.45. The fraction of sp³-hybridized carbons (Fsp3) is 0.500. The zero-order valence-electron chi connectivity index (χ0n) is 8.95.